The number of allylic oxidation sites excluding steroid dienone is 1. The van der Waals surface area contributed by atoms with Crippen molar-refractivity contribution in [3.8, 4) is 0 Å². The third kappa shape index (κ3) is 5.54. The minimum atomic E-state index is -0.822. The molecule has 0 atom stereocenters. The van der Waals surface area contributed by atoms with Crippen LogP contribution in [-0.4, -0.2) is 26.3 Å². The molecule has 72 valence electrons. The molecular formula is C7H10N2O4. The standard InChI is InChI=1S/C7H10N2O4/c1-5(4-6(10)12-2)8-9-7(11)13-3/h4H,1-3H3/b5-4-,9-8+. The number of carbonyl (C=O) groups is 2. The number of hydrogen-bond acceptors (Lipinski definition) is 5. The fourth-order valence-electron chi connectivity index (χ4n) is 0.419. The van der Waals surface area contributed by atoms with E-state index in [-0.39, 0.29) is 5.70 Å². The SMILES string of the molecule is COC(=O)/C=C(C)\N=N\C(=O)OC. The first-order valence-electron chi connectivity index (χ1n) is 3.36. The fraction of sp³-hybridized carbons (Fsp3) is 0.429. The second kappa shape index (κ2) is 5.87. The van der Waals surface area contributed by atoms with Gasteiger partial charge >= 0.3 is 12.1 Å². The number of carbonyl (C=O) groups excluding carboxylic acids is 2. The predicted octanol–water partition coefficient (Wildman–Crippen LogP) is 1.28. The molecule has 6 nitrogen and oxygen atoms in total. The summed E-state index contributed by atoms with van der Waals surface area (Å²) < 4.78 is 8.51. The van der Waals surface area contributed by atoms with Crippen LogP contribution in [-0.2, 0) is 14.3 Å². The van der Waals surface area contributed by atoms with Crippen LogP contribution in [0.15, 0.2) is 22.0 Å². The number of esters is 1. The number of ether oxygens (including phenoxy) is 2. The molecule has 0 aromatic carbocycles. The molecule has 0 aliphatic carbocycles. The highest BCUT2D eigenvalue weighted by molar-refractivity contribution is 5.82. The molecule has 0 saturated carbocycles. The van der Waals surface area contributed by atoms with Crippen molar-refractivity contribution in [1.82, 2.24) is 0 Å². The van der Waals surface area contributed by atoms with Crippen molar-refractivity contribution in [2.75, 3.05) is 14.2 Å². The van der Waals surface area contributed by atoms with Crippen LogP contribution < -0.4 is 0 Å². The lowest BCUT2D eigenvalue weighted by atomic mass is 10.4. The van der Waals surface area contributed by atoms with Gasteiger partial charge in [-0.1, -0.05) is 5.11 Å². The molecular weight excluding hydrogens is 176 g/mol. The molecule has 0 unspecified atom stereocenters. The normalized spacial score (nSPS) is 11.5. The first-order chi connectivity index (χ1) is 6.10. The highest BCUT2D eigenvalue weighted by Gasteiger charge is 1.97. The van der Waals surface area contributed by atoms with Crippen LogP contribution in [0.2, 0.25) is 0 Å². The molecule has 0 aromatic heterocycles. The molecule has 0 heterocycles. The molecule has 0 aliphatic heterocycles. The number of hydrogen-bond donors (Lipinski definition) is 0. The van der Waals surface area contributed by atoms with Gasteiger partial charge in [0.25, 0.3) is 0 Å². The zero-order chi connectivity index (χ0) is 10.3. The maximum Gasteiger partial charge on any atom is 0.452 e. The number of azo groups is 1. The van der Waals surface area contributed by atoms with E-state index in [0.717, 1.165) is 6.08 Å². The van der Waals surface area contributed by atoms with Gasteiger partial charge in [0, 0.05) is 6.08 Å². The number of nitrogens with zero attached hydrogens (tertiary/aromatic N) is 2. The Bertz CT molecular complexity index is 257. The summed E-state index contributed by atoms with van der Waals surface area (Å²) in [4.78, 5) is 21.1. The quantitative estimate of drug-likeness (QED) is 0.369. The van der Waals surface area contributed by atoms with E-state index >= 15 is 0 Å². The Morgan fingerprint density at radius 3 is 2.23 bits per heavy atom. The predicted molar refractivity (Wildman–Crippen MR) is 43.0 cm³/mol. The van der Waals surface area contributed by atoms with Crippen molar-refractivity contribution < 1.29 is 19.1 Å². The maximum atomic E-state index is 10.6. The number of rotatable bonds is 2. The van der Waals surface area contributed by atoms with E-state index in [2.05, 4.69) is 19.7 Å². The van der Waals surface area contributed by atoms with Gasteiger partial charge < -0.3 is 9.47 Å². The molecule has 13 heavy (non-hydrogen) atoms. The average molecular weight is 186 g/mol. The van der Waals surface area contributed by atoms with Gasteiger partial charge in [0.05, 0.1) is 19.9 Å². The van der Waals surface area contributed by atoms with Crippen LogP contribution in [0.3, 0.4) is 0 Å². The Hall–Kier alpha value is -1.72. The van der Waals surface area contributed by atoms with Gasteiger partial charge in [-0.2, -0.15) is 0 Å². The van der Waals surface area contributed by atoms with Crippen molar-refractivity contribution in [1.29, 1.82) is 0 Å². The van der Waals surface area contributed by atoms with Gasteiger partial charge in [0.1, 0.15) is 0 Å². The van der Waals surface area contributed by atoms with Crippen LogP contribution in [0, 0.1) is 0 Å². The Kier molecular flexibility index (Phi) is 5.09. The summed E-state index contributed by atoms with van der Waals surface area (Å²) in [5.74, 6) is -0.554. The second-order valence-electron chi connectivity index (χ2n) is 1.98. The molecule has 0 spiro atoms. The molecule has 0 bridgehead atoms. The van der Waals surface area contributed by atoms with Gasteiger partial charge in [-0.3, -0.25) is 0 Å². The van der Waals surface area contributed by atoms with Gasteiger partial charge in [-0.25, -0.2) is 9.59 Å². The Morgan fingerprint density at radius 2 is 1.77 bits per heavy atom. The minimum Gasteiger partial charge on any atom is -0.466 e. The molecule has 0 N–H and O–H groups in total. The largest absolute Gasteiger partial charge is 0.466 e. The minimum absolute atomic E-state index is 0.261. The highest BCUT2D eigenvalue weighted by atomic mass is 16.5. The summed E-state index contributed by atoms with van der Waals surface area (Å²) in [7, 11) is 2.42. The van der Waals surface area contributed by atoms with Crippen LogP contribution in [0.1, 0.15) is 6.92 Å². The lowest BCUT2D eigenvalue weighted by molar-refractivity contribution is -0.134. The summed E-state index contributed by atoms with van der Waals surface area (Å²) in [6.07, 6.45) is 0.282. The van der Waals surface area contributed by atoms with Crippen molar-refractivity contribution in [3.63, 3.8) is 0 Å². The lowest BCUT2D eigenvalue weighted by Gasteiger charge is -1.91. The van der Waals surface area contributed by atoms with Crippen LogP contribution in [0.25, 0.3) is 0 Å². The molecule has 6 heteroatoms. The number of methoxy groups -OCH3 is 2. The average Bonchev–Trinajstić information content (AvgIpc) is 2.13. The zero-order valence-corrected chi connectivity index (χ0v) is 7.60. The second-order valence-corrected chi connectivity index (χ2v) is 1.98. The van der Waals surface area contributed by atoms with E-state index < -0.39 is 12.1 Å². The molecule has 0 aliphatic rings. The Labute approximate surface area is 75.2 Å². The van der Waals surface area contributed by atoms with Crippen LogP contribution in [0.4, 0.5) is 4.79 Å². The van der Waals surface area contributed by atoms with Crippen LogP contribution >= 0.6 is 0 Å². The zero-order valence-electron chi connectivity index (χ0n) is 7.60. The molecule has 0 fully saturated rings. The van der Waals surface area contributed by atoms with E-state index in [1.807, 2.05) is 0 Å². The summed E-state index contributed by atoms with van der Waals surface area (Å²) in [6.45, 7) is 1.50. The molecule has 0 saturated heterocycles. The van der Waals surface area contributed by atoms with Crippen molar-refractivity contribution >= 4 is 12.1 Å². The van der Waals surface area contributed by atoms with Crippen molar-refractivity contribution in [2.24, 2.45) is 10.2 Å². The first-order valence-corrected chi connectivity index (χ1v) is 3.36. The fourth-order valence-corrected chi connectivity index (χ4v) is 0.419. The van der Waals surface area contributed by atoms with E-state index in [1.165, 1.54) is 21.1 Å². The van der Waals surface area contributed by atoms with E-state index in [9.17, 15) is 9.59 Å². The monoisotopic (exact) mass is 186 g/mol. The van der Waals surface area contributed by atoms with E-state index in [1.54, 1.807) is 0 Å². The van der Waals surface area contributed by atoms with Gasteiger partial charge in [0.2, 0.25) is 0 Å². The van der Waals surface area contributed by atoms with Gasteiger partial charge in [0.15, 0.2) is 0 Å². The van der Waals surface area contributed by atoms with Crippen LogP contribution in [0.5, 0.6) is 0 Å². The lowest BCUT2D eigenvalue weighted by Crippen LogP contribution is -1.95. The molecule has 1 amide bonds. The van der Waals surface area contributed by atoms with Crippen molar-refractivity contribution in [2.45, 2.75) is 6.92 Å². The number of amides is 1. The summed E-state index contributed by atoms with van der Waals surface area (Å²) >= 11 is 0. The summed E-state index contributed by atoms with van der Waals surface area (Å²) in [6, 6.07) is 0. The van der Waals surface area contributed by atoms with Gasteiger partial charge in [-0.15, -0.1) is 5.11 Å². The molecule has 0 rings (SSSR count). The molecule has 0 radical (unpaired) electrons. The topological polar surface area (TPSA) is 77.3 Å². The third-order valence-electron chi connectivity index (χ3n) is 0.992. The van der Waals surface area contributed by atoms with Gasteiger partial charge in [-0.05, 0) is 6.92 Å². The first kappa shape index (κ1) is 11.3. The smallest absolute Gasteiger partial charge is 0.452 e. The van der Waals surface area contributed by atoms with E-state index in [0.29, 0.717) is 0 Å². The highest BCUT2D eigenvalue weighted by Crippen LogP contribution is 1.97. The molecule has 0 aromatic rings. The Balaban J connectivity index is 4.21. The van der Waals surface area contributed by atoms with E-state index in [4.69, 9.17) is 0 Å². The summed E-state index contributed by atoms with van der Waals surface area (Å²) in [5, 5.41) is 6.51. The third-order valence-corrected chi connectivity index (χ3v) is 0.992. The maximum absolute atomic E-state index is 10.6. The summed E-state index contributed by atoms with van der Waals surface area (Å²) in [5.41, 5.74) is 0.261. The Morgan fingerprint density at radius 1 is 1.15 bits per heavy atom. The van der Waals surface area contributed by atoms with Crippen molar-refractivity contribution in [3.05, 3.63) is 11.8 Å².